The Morgan fingerprint density at radius 3 is 2.44 bits per heavy atom. The fourth-order valence-corrected chi connectivity index (χ4v) is 2.81. The zero-order valence-electron chi connectivity index (χ0n) is 10.8. The highest BCUT2D eigenvalue weighted by atomic mass is 32.2. The van der Waals surface area contributed by atoms with Gasteiger partial charge in [-0.05, 0) is 24.0 Å². The molecule has 18 heavy (non-hydrogen) atoms. The van der Waals surface area contributed by atoms with Crippen molar-refractivity contribution in [2.75, 3.05) is 16.2 Å². The Kier molecular flexibility index (Phi) is 4.21. The van der Waals surface area contributed by atoms with Crippen molar-refractivity contribution in [2.45, 2.75) is 27.2 Å². The lowest BCUT2D eigenvalue weighted by Crippen LogP contribution is -2.22. The summed E-state index contributed by atoms with van der Waals surface area (Å²) in [5, 5.41) is 0. The van der Waals surface area contributed by atoms with Gasteiger partial charge in [0, 0.05) is 0 Å². The molecule has 3 N–H and O–H groups in total. The molecule has 0 bridgehead atoms. The predicted molar refractivity (Wildman–Crippen MR) is 72.3 cm³/mol. The number of para-hydroxylation sites is 1. The maximum atomic E-state index is 13.4. The van der Waals surface area contributed by atoms with Crippen LogP contribution in [0.5, 0.6) is 0 Å². The van der Waals surface area contributed by atoms with Crippen molar-refractivity contribution in [3.63, 3.8) is 0 Å². The number of nitrogens with one attached hydrogen (secondary N) is 1. The molecule has 0 saturated heterocycles. The first-order chi connectivity index (χ1) is 8.11. The summed E-state index contributed by atoms with van der Waals surface area (Å²) in [6, 6.07) is 4.04. The van der Waals surface area contributed by atoms with Crippen molar-refractivity contribution < 1.29 is 12.8 Å². The summed E-state index contributed by atoms with van der Waals surface area (Å²) in [7, 11) is -3.58. The molecule has 0 atom stereocenters. The van der Waals surface area contributed by atoms with Crippen LogP contribution < -0.4 is 10.5 Å². The maximum absolute atomic E-state index is 13.4. The number of sulfonamides is 1. The van der Waals surface area contributed by atoms with E-state index in [2.05, 4.69) is 4.72 Å². The average molecular weight is 274 g/mol. The van der Waals surface area contributed by atoms with Crippen LogP contribution in [0.4, 0.5) is 15.8 Å². The molecule has 0 aliphatic rings. The zero-order valence-corrected chi connectivity index (χ0v) is 11.6. The lowest BCUT2D eigenvalue weighted by molar-refractivity contribution is 0.397. The molecule has 102 valence electrons. The molecule has 1 aromatic carbocycles. The number of hydrogen-bond acceptors (Lipinski definition) is 3. The van der Waals surface area contributed by atoms with E-state index in [1.165, 1.54) is 12.1 Å². The fraction of sp³-hybridized carbons (Fsp3) is 0.500. The van der Waals surface area contributed by atoms with Gasteiger partial charge in [-0.15, -0.1) is 0 Å². The second-order valence-electron chi connectivity index (χ2n) is 5.44. The lowest BCUT2D eigenvalue weighted by atomic mass is 9.94. The molecule has 0 fully saturated rings. The molecule has 0 spiro atoms. The summed E-state index contributed by atoms with van der Waals surface area (Å²) < 4.78 is 39.3. The number of benzene rings is 1. The van der Waals surface area contributed by atoms with Crippen molar-refractivity contribution >= 4 is 21.4 Å². The molecule has 0 unspecified atom stereocenters. The predicted octanol–water partition coefficient (Wildman–Crippen LogP) is 2.59. The number of anilines is 2. The van der Waals surface area contributed by atoms with Gasteiger partial charge < -0.3 is 5.73 Å². The highest BCUT2D eigenvalue weighted by Gasteiger charge is 2.19. The molecule has 0 saturated carbocycles. The summed E-state index contributed by atoms with van der Waals surface area (Å²) >= 11 is 0. The van der Waals surface area contributed by atoms with Gasteiger partial charge in [-0.2, -0.15) is 0 Å². The van der Waals surface area contributed by atoms with Gasteiger partial charge in [0.15, 0.2) is 0 Å². The van der Waals surface area contributed by atoms with Crippen LogP contribution in [0.3, 0.4) is 0 Å². The molecule has 1 rings (SSSR count). The minimum absolute atomic E-state index is 0.0652. The number of rotatable bonds is 4. The van der Waals surface area contributed by atoms with Gasteiger partial charge >= 0.3 is 0 Å². The van der Waals surface area contributed by atoms with E-state index < -0.39 is 15.8 Å². The van der Waals surface area contributed by atoms with Gasteiger partial charge in [-0.3, -0.25) is 4.72 Å². The second kappa shape index (κ2) is 5.14. The van der Waals surface area contributed by atoms with E-state index in [0.717, 1.165) is 6.07 Å². The standard InChI is InChI=1S/C12H19FN2O2S/c1-12(2,3)7-8-18(16,17)15-11-9(13)5-4-6-10(11)14/h4-6,15H,7-8,14H2,1-3H3. The third-order valence-corrected chi connectivity index (χ3v) is 3.68. The summed E-state index contributed by atoms with van der Waals surface area (Å²) in [5.74, 6) is -0.737. The number of nitrogens with two attached hydrogens (primary N) is 1. The van der Waals surface area contributed by atoms with Crippen LogP contribution in [0.25, 0.3) is 0 Å². The second-order valence-corrected chi connectivity index (χ2v) is 7.28. The van der Waals surface area contributed by atoms with Crippen LogP contribution in [0.1, 0.15) is 27.2 Å². The normalized spacial score (nSPS) is 12.4. The van der Waals surface area contributed by atoms with E-state index in [0.29, 0.717) is 6.42 Å². The Hall–Kier alpha value is -1.30. The molecule has 1 aromatic rings. The largest absolute Gasteiger partial charge is 0.397 e. The Bertz CT molecular complexity index is 501. The first-order valence-corrected chi connectivity index (χ1v) is 7.30. The number of halogens is 1. The topological polar surface area (TPSA) is 72.2 Å². The molecular formula is C12H19FN2O2S. The van der Waals surface area contributed by atoms with Crippen LogP contribution in [0.2, 0.25) is 0 Å². The Balaban J connectivity index is 2.84. The lowest BCUT2D eigenvalue weighted by Gasteiger charge is -2.18. The van der Waals surface area contributed by atoms with Gasteiger partial charge in [0.2, 0.25) is 10.0 Å². The molecule has 0 aromatic heterocycles. The molecule has 0 radical (unpaired) electrons. The molecule has 6 heteroatoms. The van der Waals surface area contributed by atoms with Crippen molar-refractivity contribution in [1.82, 2.24) is 0 Å². The van der Waals surface area contributed by atoms with E-state index in [-0.39, 0.29) is 22.5 Å². The molecular weight excluding hydrogens is 255 g/mol. The van der Waals surface area contributed by atoms with Crippen LogP contribution in [0.15, 0.2) is 18.2 Å². The molecule has 0 aliphatic carbocycles. The van der Waals surface area contributed by atoms with Crippen molar-refractivity contribution in [1.29, 1.82) is 0 Å². The Morgan fingerprint density at radius 1 is 1.33 bits per heavy atom. The molecule has 0 amide bonds. The SMILES string of the molecule is CC(C)(C)CCS(=O)(=O)Nc1c(N)cccc1F. The molecule has 0 aliphatic heterocycles. The first kappa shape index (κ1) is 14.8. The third-order valence-electron chi connectivity index (χ3n) is 2.42. The quantitative estimate of drug-likeness (QED) is 0.829. The van der Waals surface area contributed by atoms with E-state index in [9.17, 15) is 12.8 Å². The van der Waals surface area contributed by atoms with Gasteiger partial charge in [0.1, 0.15) is 11.5 Å². The highest BCUT2D eigenvalue weighted by Crippen LogP contribution is 2.24. The molecule has 4 nitrogen and oxygen atoms in total. The third kappa shape index (κ3) is 4.52. The summed E-state index contributed by atoms with van der Waals surface area (Å²) in [5.41, 5.74) is 5.35. The highest BCUT2D eigenvalue weighted by molar-refractivity contribution is 7.92. The Labute approximate surface area is 107 Å². The fourth-order valence-electron chi connectivity index (χ4n) is 1.30. The summed E-state index contributed by atoms with van der Waals surface area (Å²) in [4.78, 5) is 0. The van der Waals surface area contributed by atoms with Gasteiger partial charge in [0.25, 0.3) is 0 Å². The van der Waals surface area contributed by atoms with Crippen LogP contribution in [-0.2, 0) is 10.0 Å². The van der Waals surface area contributed by atoms with Crippen LogP contribution in [-0.4, -0.2) is 14.2 Å². The minimum atomic E-state index is -3.58. The van der Waals surface area contributed by atoms with E-state index in [1.807, 2.05) is 20.8 Å². The Morgan fingerprint density at radius 2 is 1.94 bits per heavy atom. The first-order valence-electron chi connectivity index (χ1n) is 5.65. The van der Waals surface area contributed by atoms with Gasteiger partial charge in [-0.1, -0.05) is 26.8 Å². The zero-order chi connectivity index (χ0) is 14.0. The summed E-state index contributed by atoms with van der Waals surface area (Å²) in [6.07, 6.45) is 0.483. The van der Waals surface area contributed by atoms with Crippen LogP contribution in [0, 0.1) is 11.2 Å². The number of hydrogen-bond donors (Lipinski definition) is 2. The van der Waals surface area contributed by atoms with Crippen molar-refractivity contribution in [2.24, 2.45) is 5.41 Å². The summed E-state index contributed by atoms with van der Waals surface area (Å²) in [6.45, 7) is 5.83. The van der Waals surface area contributed by atoms with E-state index in [1.54, 1.807) is 0 Å². The van der Waals surface area contributed by atoms with E-state index >= 15 is 0 Å². The number of nitrogen functional groups attached to an aromatic ring is 1. The van der Waals surface area contributed by atoms with Crippen molar-refractivity contribution in [3.05, 3.63) is 24.0 Å². The van der Waals surface area contributed by atoms with Crippen molar-refractivity contribution in [3.8, 4) is 0 Å². The average Bonchev–Trinajstić information content (AvgIpc) is 2.20. The maximum Gasteiger partial charge on any atom is 0.232 e. The monoisotopic (exact) mass is 274 g/mol. The smallest absolute Gasteiger partial charge is 0.232 e. The van der Waals surface area contributed by atoms with Gasteiger partial charge in [-0.25, -0.2) is 12.8 Å². The minimum Gasteiger partial charge on any atom is -0.397 e. The molecule has 0 heterocycles. The van der Waals surface area contributed by atoms with E-state index in [4.69, 9.17) is 5.73 Å². The van der Waals surface area contributed by atoms with Gasteiger partial charge in [0.05, 0.1) is 11.4 Å². The van der Waals surface area contributed by atoms with Crippen LogP contribution >= 0.6 is 0 Å².